The van der Waals surface area contributed by atoms with E-state index >= 15 is 0 Å². The highest BCUT2D eigenvalue weighted by Gasteiger charge is 2.23. The predicted molar refractivity (Wildman–Crippen MR) is 87.6 cm³/mol. The summed E-state index contributed by atoms with van der Waals surface area (Å²) in [6.07, 6.45) is 5.77. The van der Waals surface area contributed by atoms with E-state index in [2.05, 4.69) is 19.5 Å². The molecule has 1 aliphatic heterocycles. The van der Waals surface area contributed by atoms with Gasteiger partial charge in [0, 0.05) is 13.0 Å². The fraction of sp³-hybridized carbons (Fsp3) is 0.643. The van der Waals surface area contributed by atoms with Crippen molar-refractivity contribution in [2.75, 3.05) is 25.7 Å². The summed E-state index contributed by atoms with van der Waals surface area (Å²) in [5.41, 5.74) is 6.95. The van der Waals surface area contributed by atoms with E-state index in [1.807, 2.05) is 0 Å². The molecule has 10 nitrogen and oxygen atoms in total. The maximum Gasteiger partial charge on any atom is 0.329 e. The van der Waals surface area contributed by atoms with Crippen LogP contribution in [0.1, 0.15) is 31.9 Å². The molecular weight excluding hydrogens is 349 g/mol. The number of nitrogens with two attached hydrogens (primary N) is 1. The second-order valence-electron chi connectivity index (χ2n) is 5.49. The van der Waals surface area contributed by atoms with Crippen LogP contribution in [0, 0.1) is 0 Å². The Labute approximate surface area is 145 Å². The van der Waals surface area contributed by atoms with Gasteiger partial charge in [0.25, 0.3) is 0 Å². The topological polar surface area (TPSA) is 124 Å². The number of aromatic nitrogens is 4. The summed E-state index contributed by atoms with van der Waals surface area (Å²) in [6, 6.07) is 0. The van der Waals surface area contributed by atoms with Crippen molar-refractivity contribution >= 4 is 25.7 Å². The number of fused-ring (bicyclic) bond motifs is 1. The molecule has 1 aliphatic rings. The van der Waals surface area contributed by atoms with Crippen molar-refractivity contribution in [1.82, 2.24) is 19.5 Å². The number of hydrogen-bond acceptors (Lipinski definition) is 9. The third-order valence-electron chi connectivity index (χ3n) is 3.84. The van der Waals surface area contributed by atoms with Crippen LogP contribution in [0.25, 0.3) is 11.2 Å². The van der Waals surface area contributed by atoms with E-state index in [0.717, 1.165) is 19.3 Å². The lowest BCUT2D eigenvalue weighted by Crippen LogP contribution is -2.27. The standard InChI is InChI=1S/C14H20N5O5P/c15-13-12-14(17-7-16-13)19(8-18-12)10(4-6-21-9-23-25-20)24-11-3-1-2-5-22-11/h7-8,10-11H,1-6,9H2,(H2,15,16,17). The Kier molecular flexibility index (Phi) is 6.60. The monoisotopic (exact) mass is 369 g/mol. The lowest BCUT2D eigenvalue weighted by atomic mass is 10.2. The van der Waals surface area contributed by atoms with Crippen molar-refractivity contribution in [1.29, 1.82) is 0 Å². The first-order valence-corrected chi connectivity index (χ1v) is 8.75. The lowest BCUT2D eigenvalue weighted by molar-refractivity contribution is -0.209. The van der Waals surface area contributed by atoms with Crippen LogP contribution in [0.15, 0.2) is 12.7 Å². The van der Waals surface area contributed by atoms with Crippen LogP contribution >= 0.6 is 8.69 Å². The lowest BCUT2D eigenvalue weighted by Gasteiger charge is -2.28. The van der Waals surface area contributed by atoms with Crippen LogP contribution in [0.2, 0.25) is 0 Å². The van der Waals surface area contributed by atoms with Crippen molar-refractivity contribution in [2.24, 2.45) is 0 Å². The van der Waals surface area contributed by atoms with E-state index in [0.29, 0.717) is 36.6 Å². The molecule has 2 N–H and O–H groups in total. The maximum absolute atomic E-state index is 10.2. The molecule has 0 bridgehead atoms. The van der Waals surface area contributed by atoms with E-state index < -0.39 is 14.9 Å². The largest absolute Gasteiger partial charge is 0.382 e. The number of nitrogens with zero attached hydrogens (tertiary/aromatic N) is 4. The van der Waals surface area contributed by atoms with Gasteiger partial charge in [0.15, 0.2) is 24.5 Å². The normalized spacial score (nSPS) is 19.4. The molecular formula is C14H20N5O5P. The van der Waals surface area contributed by atoms with E-state index in [1.165, 1.54) is 6.33 Å². The third kappa shape index (κ3) is 4.68. The van der Waals surface area contributed by atoms with Gasteiger partial charge in [0.2, 0.25) is 0 Å². The molecule has 2 aromatic heterocycles. The molecule has 3 heterocycles. The molecule has 0 amide bonds. The van der Waals surface area contributed by atoms with E-state index in [9.17, 15) is 4.57 Å². The summed E-state index contributed by atoms with van der Waals surface area (Å²) in [5, 5.41) is 0. The highest BCUT2D eigenvalue weighted by Crippen LogP contribution is 2.26. The van der Waals surface area contributed by atoms with Gasteiger partial charge in [-0.1, -0.05) is 0 Å². The molecule has 0 spiro atoms. The molecule has 1 saturated heterocycles. The number of anilines is 1. The van der Waals surface area contributed by atoms with Crippen molar-refractivity contribution in [3.05, 3.63) is 12.7 Å². The Hall–Kier alpha value is -1.71. The van der Waals surface area contributed by atoms with Crippen LogP contribution < -0.4 is 5.73 Å². The Morgan fingerprint density at radius 1 is 1.40 bits per heavy atom. The zero-order chi connectivity index (χ0) is 17.5. The van der Waals surface area contributed by atoms with E-state index in [-0.39, 0.29) is 13.1 Å². The molecule has 2 aromatic rings. The fourth-order valence-electron chi connectivity index (χ4n) is 2.65. The Morgan fingerprint density at radius 3 is 3.12 bits per heavy atom. The Morgan fingerprint density at radius 2 is 2.32 bits per heavy atom. The first-order chi connectivity index (χ1) is 12.3. The maximum atomic E-state index is 10.2. The first-order valence-electron chi connectivity index (χ1n) is 8.02. The smallest absolute Gasteiger partial charge is 0.329 e. The molecule has 136 valence electrons. The first kappa shape index (κ1) is 18.1. The molecule has 0 aromatic carbocycles. The van der Waals surface area contributed by atoms with Crippen molar-refractivity contribution < 1.29 is 23.3 Å². The van der Waals surface area contributed by atoms with Gasteiger partial charge in [-0.15, -0.1) is 0 Å². The van der Waals surface area contributed by atoms with Crippen LogP contribution in [-0.4, -0.2) is 45.8 Å². The van der Waals surface area contributed by atoms with Crippen LogP contribution in [0.4, 0.5) is 5.82 Å². The molecule has 2 unspecified atom stereocenters. The van der Waals surface area contributed by atoms with Gasteiger partial charge in [-0.05, 0) is 19.3 Å². The SMILES string of the molecule is Nc1ncnc2c1ncn2C(CCOCOP=O)OC1CCCCO1. The van der Waals surface area contributed by atoms with Gasteiger partial charge in [-0.2, -0.15) is 0 Å². The van der Waals surface area contributed by atoms with Crippen molar-refractivity contribution in [2.45, 2.75) is 38.2 Å². The van der Waals surface area contributed by atoms with Gasteiger partial charge in [-0.3, -0.25) is 9.09 Å². The number of rotatable bonds is 9. The zero-order valence-corrected chi connectivity index (χ0v) is 14.5. The number of nitrogen functional groups attached to an aromatic ring is 1. The van der Waals surface area contributed by atoms with E-state index in [1.54, 1.807) is 10.9 Å². The Balaban J connectivity index is 1.73. The third-order valence-corrected chi connectivity index (χ3v) is 4.05. The summed E-state index contributed by atoms with van der Waals surface area (Å²) in [5.74, 6) is 0.315. The van der Waals surface area contributed by atoms with Gasteiger partial charge in [-0.25, -0.2) is 19.5 Å². The number of hydrogen-bond donors (Lipinski definition) is 1. The minimum Gasteiger partial charge on any atom is -0.382 e. The summed E-state index contributed by atoms with van der Waals surface area (Å²) in [7, 11) is -0.412. The number of ether oxygens (including phenoxy) is 3. The zero-order valence-electron chi connectivity index (χ0n) is 13.6. The van der Waals surface area contributed by atoms with Gasteiger partial charge < -0.3 is 19.9 Å². The highest BCUT2D eigenvalue weighted by atomic mass is 31.1. The number of imidazole rings is 1. The minimum absolute atomic E-state index is 0.0580. The fourth-order valence-corrected chi connectivity index (χ4v) is 2.77. The second kappa shape index (κ2) is 9.12. The molecule has 25 heavy (non-hydrogen) atoms. The second-order valence-corrected chi connectivity index (χ2v) is 5.90. The molecule has 2 atom stereocenters. The molecule has 0 saturated carbocycles. The highest BCUT2D eigenvalue weighted by molar-refractivity contribution is 7.17. The molecule has 11 heteroatoms. The van der Waals surface area contributed by atoms with Gasteiger partial charge in [0.05, 0.1) is 12.9 Å². The molecule has 1 fully saturated rings. The minimum atomic E-state index is -0.412. The predicted octanol–water partition coefficient (Wildman–Crippen LogP) is 2.04. The summed E-state index contributed by atoms with van der Waals surface area (Å²) < 4.78 is 33.7. The average Bonchev–Trinajstić information content (AvgIpc) is 3.07. The molecule has 0 radical (unpaired) electrons. The summed E-state index contributed by atoms with van der Waals surface area (Å²) >= 11 is 0. The van der Waals surface area contributed by atoms with Crippen LogP contribution in [0.5, 0.6) is 0 Å². The molecule has 0 aliphatic carbocycles. The average molecular weight is 369 g/mol. The quantitative estimate of drug-likeness (QED) is 0.401. The Bertz CT molecular complexity index is 693. The van der Waals surface area contributed by atoms with Crippen LogP contribution in [-0.2, 0) is 23.3 Å². The molecule has 3 rings (SSSR count). The van der Waals surface area contributed by atoms with Gasteiger partial charge >= 0.3 is 8.69 Å². The van der Waals surface area contributed by atoms with E-state index in [4.69, 9.17) is 19.9 Å². The van der Waals surface area contributed by atoms with Crippen molar-refractivity contribution in [3.63, 3.8) is 0 Å². The van der Waals surface area contributed by atoms with Crippen LogP contribution in [0.3, 0.4) is 0 Å². The summed E-state index contributed by atoms with van der Waals surface area (Å²) in [6.45, 7) is 0.967. The van der Waals surface area contributed by atoms with Crippen molar-refractivity contribution in [3.8, 4) is 0 Å². The van der Waals surface area contributed by atoms with Gasteiger partial charge in [0.1, 0.15) is 18.1 Å². The summed E-state index contributed by atoms with van der Waals surface area (Å²) in [4.78, 5) is 12.5.